The van der Waals surface area contributed by atoms with Gasteiger partial charge >= 0.3 is 0 Å². The zero-order valence-corrected chi connectivity index (χ0v) is 6.47. The van der Waals surface area contributed by atoms with Crippen molar-refractivity contribution in [1.29, 1.82) is 0 Å². The molecular formula is C7H10N2S. The van der Waals surface area contributed by atoms with E-state index in [-0.39, 0.29) is 0 Å². The molecule has 1 fully saturated rings. The molecule has 54 valence electrons. The maximum atomic E-state index is 5.51. The van der Waals surface area contributed by atoms with Gasteiger partial charge in [-0.15, -0.1) is 11.3 Å². The van der Waals surface area contributed by atoms with Crippen molar-refractivity contribution in [3.8, 4) is 0 Å². The molecule has 0 aliphatic heterocycles. The molecule has 0 amide bonds. The Balaban J connectivity index is 2.05. The summed E-state index contributed by atoms with van der Waals surface area (Å²) in [6, 6.07) is 0. The summed E-state index contributed by atoms with van der Waals surface area (Å²) >= 11 is 1.67. The number of nitrogens with zero attached hydrogens (tertiary/aromatic N) is 1. The molecule has 2 nitrogen and oxygen atoms in total. The van der Waals surface area contributed by atoms with Gasteiger partial charge in [-0.2, -0.15) is 0 Å². The minimum Gasteiger partial charge on any atom is -0.330 e. The van der Waals surface area contributed by atoms with Crippen molar-refractivity contribution < 1.29 is 0 Å². The maximum Gasteiger partial charge on any atom is 0.0794 e. The van der Waals surface area contributed by atoms with Gasteiger partial charge in [-0.1, -0.05) is 0 Å². The molecule has 2 atom stereocenters. The van der Waals surface area contributed by atoms with Gasteiger partial charge < -0.3 is 5.73 Å². The first-order valence-electron chi connectivity index (χ1n) is 3.50. The Hall–Kier alpha value is -0.410. The molecule has 0 saturated heterocycles. The molecule has 0 spiro atoms. The largest absolute Gasteiger partial charge is 0.330 e. The summed E-state index contributed by atoms with van der Waals surface area (Å²) in [6.45, 7) is 0.822. The molecule has 10 heavy (non-hydrogen) atoms. The van der Waals surface area contributed by atoms with Gasteiger partial charge in [0.15, 0.2) is 0 Å². The number of aromatic nitrogens is 1. The van der Waals surface area contributed by atoms with Gasteiger partial charge in [0.05, 0.1) is 11.2 Å². The molecule has 2 rings (SSSR count). The van der Waals surface area contributed by atoms with Crippen LogP contribution in [0.2, 0.25) is 0 Å². The Morgan fingerprint density at radius 2 is 2.70 bits per heavy atom. The van der Waals surface area contributed by atoms with Gasteiger partial charge in [-0.25, -0.2) is 4.98 Å². The fraction of sp³-hybridized carbons (Fsp3) is 0.571. The summed E-state index contributed by atoms with van der Waals surface area (Å²) in [4.78, 5) is 4.24. The first-order chi connectivity index (χ1) is 4.92. The van der Waals surface area contributed by atoms with E-state index in [0.717, 1.165) is 12.5 Å². The van der Waals surface area contributed by atoms with Crippen LogP contribution in [0.4, 0.5) is 0 Å². The second-order valence-electron chi connectivity index (χ2n) is 2.75. The molecule has 1 aliphatic carbocycles. The predicted molar refractivity (Wildman–Crippen MR) is 42.0 cm³/mol. The zero-order chi connectivity index (χ0) is 6.97. The van der Waals surface area contributed by atoms with Gasteiger partial charge in [-0.05, 0) is 18.9 Å². The van der Waals surface area contributed by atoms with Crippen molar-refractivity contribution in [2.45, 2.75) is 12.3 Å². The van der Waals surface area contributed by atoms with Crippen LogP contribution < -0.4 is 5.73 Å². The van der Waals surface area contributed by atoms with Crippen LogP contribution in [0.5, 0.6) is 0 Å². The molecule has 2 unspecified atom stereocenters. The summed E-state index contributed by atoms with van der Waals surface area (Å²) in [6.07, 6.45) is 1.25. The standard InChI is InChI=1S/C7H10N2S/c8-2-5-1-6(5)7-3-10-4-9-7/h3-6H,1-2,8H2. The SMILES string of the molecule is NCC1CC1c1cscn1. The number of rotatable bonds is 2. The van der Waals surface area contributed by atoms with E-state index in [1.807, 2.05) is 5.51 Å². The van der Waals surface area contributed by atoms with E-state index in [1.165, 1.54) is 12.1 Å². The Morgan fingerprint density at radius 3 is 3.20 bits per heavy atom. The summed E-state index contributed by atoms with van der Waals surface area (Å²) < 4.78 is 0. The predicted octanol–water partition coefficient (Wildman–Crippen LogP) is 1.21. The van der Waals surface area contributed by atoms with E-state index in [9.17, 15) is 0 Å². The Bertz CT molecular complexity index is 207. The van der Waals surface area contributed by atoms with E-state index in [2.05, 4.69) is 10.4 Å². The van der Waals surface area contributed by atoms with E-state index in [4.69, 9.17) is 5.73 Å². The minimum atomic E-state index is 0.691. The fourth-order valence-corrected chi connectivity index (χ4v) is 1.89. The molecule has 0 aromatic carbocycles. The first kappa shape index (κ1) is 6.31. The first-order valence-corrected chi connectivity index (χ1v) is 4.44. The van der Waals surface area contributed by atoms with Crippen LogP contribution in [0.25, 0.3) is 0 Å². The van der Waals surface area contributed by atoms with Crippen LogP contribution in [0.15, 0.2) is 10.9 Å². The van der Waals surface area contributed by atoms with Crippen molar-refractivity contribution in [3.05, 3.63) is 16.6 Å². The maximum absolute atomic E-state index is 5.51. The van der Waals surface area contributed by atoms with Crippen molar-refractivity contribution in [3.63, 3.8) is 0 Å². The smallest absolute Gasteiger partial charge is 0.0794 e. The molecule has 1 aromatic heterocycles. The molecule has 1 aromatic rings. The second kappa shape index (κ2) is 2.32. The summed E-state index contributed by atoms with van der Waals surface area (Å²) in [7, 11) is 0. The molecule has 1 heterocycles. The van der Waals surface area contributed by atoms with E-state index in [0.29, 0.717) is 5.92 Å². The van der Waals surface area contributed by atoms with E-state index in [1.54, 1.807) is 11.3 Å². The Kier molecular flexibility index (Phi) is 1.47. The summed E-state index contributed by atoms with van der Waals surface area (Å²) in [5, 5.41) is 2.13. The van der Waals surface area contributed by atoms with Crippen LogP contribution in [0, 0.1) is 5.92 Å². The van der Waals surface area contributed by atoms with Gasteiger partial charge in [0.1, 0.15) is 0 Å². The fourth-order valence-electron chi connectivity index (χ4n) is 1.28. The highest BCUT2D eigenvalue weighted by atomic mass is 32.1. The molecule has 3 heteroatoms. The third-order valence-electron chi connectivity index (χ3n) is 2.06. The van der Waals surface area contributed by atoms with Crippen LogP contribution >= 0.6 is 11.3 Å². The van der Waals surface area contributed by atoms with Gasteiger partial charge in [-0.3, -0.25) is 0 Å². The minimum absolute atomic E-state index is 0.691. The number of hydrogen-bond donors (Lipinski definition) is 1. The van der Waals surface area contributed by atoms with Gasteiger partial charge in [0.25, 0.3) is 0 Å². The summed E-state index contributed by atoms with van der Waals surface area (Å²) in [5.74, 6) is 1.42. The average molecular weight is 154 g/mol. The molecule has 0 bridgehead atoms. The molecule has 2 N–H and O–H groups in total. The van der Waals surface area contributed by atoms with Crippen molar-refractivity contribution in [2.24, 2.45) is 11.7 Å². The Labute approximate surface area is 64.1 Å². The lowest BCUT2D eigenvalue weighted by Gasteiger charge is -1.89. The molecular weight excluding hydrogens is 144 g/mol. The third-order valence-corrected chi connectivity index (χ3v) is 2.66. The number of hydrogen-bond acceptors (Lipinski definition) is 3. The molecule has 1 saturated carbocycles. The van der Waals surface area contributed by atoms with Gasteiger partial charge in [0, 0.05) is 11.3 Å². The normalized spacial score (nSPS) is 30.5. The average Bonchev–Trinajstić information content (AvgIpc) is 2.56. The topological polar surface area (TPSA) is 38.9 Å². The molecule has 1 aliphatic rings. The van der Waals surface area contributed by atoms with Crippen molar-refractivity contribution >= 4 is 11.3 Å². The van der Waals surface area contributed by atoms with Crippen LogP contribution in [-0.4, -0.2) is 11.5 Å². The third kappa shape index (κ3) is 0.954. The van der Waals surface area contributed by atoms with Crippen LogP contribution in [0.3, 0.4) is 0 Å². The van der Waals surface area contributed by atoms with Crippen LogP contribution in [-0.2, 0) is 0 Å². The molecule has 0 radical (unpaired) electrons. The summed E-state index contributed by atoms with van der Waals surface area (Å²) in [5.41, 5.74) is 8.65. The Morgan fingerprint density at radius 1 is 1.80 bits per heavy atom. The highest BCUT2D eigenvalue weighted by molar-refractivity contribution is 7.07. The van der Waals surface area contributed by atoms with Crippen LogP contribution in [0.1, 0.15) is 18.0 Å². The lowest BCUT2D eigenvalue weighted by atomic mass is 10.2. The van der Waals surface area contributed by atoms with Crippen molar-refractivity contribution in [2.75, 3.05) is 6.54 Å². The zero-order valence-electron chi connectivity index (χ0n) is 5.66. The van der Waals surface area contributed by atoms with E-state index >= 15 is 0 Å². The lowest BCUT2D eigenvalue weighted by molar-refractivity contribution is 0.800. The van der Waals surface area contributed by atoms with E-state index < -0.39 is 0 Å². The number of nitrogens with two attached hydrogens (primary N) is 1. The van der Waals surface area contributed by atoms with Crippen molar-refractivity contribution in [1.82, 2.24) is 4.98 Å². The highest BCUT2D eigenvalue weighted by Gasteiger charge is 2.38. The lowest BCUT2D eigenvalue weighted by Crippen LogP contribution is -2.01. The van der Waals surface area contributed by atoms with Gasteiger partial charge in [0.2, 0.25) is 0 Å². The highest BCUT2D eigenvalue weighted by Crippen LogP contribution is 2.46. The monoisotopic (exact) mass is 154 g/mol. The quantitative estimate of drug-likeness (QED) is 0.695. The number of thiazole rings is 1. The second-order valence-corrected chi connectivity index (χ2v) is 3.47.